The van der Waals surface area contributed by atoms with E-state index in [2.05, 4.69) is 30.9 Å². The maximum atomic E-state index is 12.2. The molecule has 2 aromatic heterocycles. The molecule has 4 aromatic rings. The Labute approximate surface area is 206 Å². The molecule has 10 nitrogen and oxygen atoms in total. The van der Waals surface area contributed by atoms with E-state index in [9.17, 15) is 9.59 Å². The molecule has 0 atom stereocenters. The third kappa shape index (κ3) is 5.68. The van der Waals surface area contributed by atoms with Crippen LogP contribution < -0.4 is 26.7 Å². The van der Waals surface area contributed by atoms with E-state index in [0.29, 0.717) is 39.4 Å². The summed E-state index contributed by atoms with van der Waals surface area (Å²) in [4.78, 5) is 36.9. The van der Waals surface area contributed by atoms with Gasteiger partial charge in [-0.15, -0.1) is 0 Å². The van der Waals surface area contributed by atoms with Crippen molar-refractivity contribution < 1.29 is 14.6 Å². The summed E-state index contributed by atoms with van der Waals surface area (Å²) in [5.74, 6) is 0.227. The molecule has 0 aliphatic heterocycles. The zero-order valence-electron chi connectivity index (χ0n) is 19.5. The van der Waals surface area contributed by atoms with Gasteiger partial charge < -0.3 is 21.3 Å². The summed E-state index contributed by atoms with van der Waals surface area (Å²) in [7, 11) is 3.67. The van der Waals surface area contributed by atoms with Crippen LogP contribution in [0.5, 0.6) is 0 Å². The van der Waals surface area contributed by atoms with Crippen molar-refractivity contribution >= 4 is 63.3 Å². The highest BCUT2D eigenvalue weighted by atomic mass is 35.5. The molecule has 0 aliphatic carbocycles. The first kappa shape index (κ1) is 24.0. The molecule has 0 spiro atoms. The number of amides is 2. The van der Waals surface area contributed by atoms with Gasteiger partial charge in [0.05, 0.1) is 28.9 Å². The highest BCUT2D eigenvalue weighted by Crippen LogP contribution is 2.29. The minimum Gasteiger partial charge on any atom is -0.366 e. The number of aryl methyl sites for hydroxylation is 1. The van der Waals surface area contributed by atoms with E-state index in [4.69, 9.17) is 17.3 Å². The first-order chi connectivity index (χ1) is 16.7. The molecule has 7 N–H and O–H groups in total. The molecule has 0 fully saturated rings. The maximum absolute atomic E-state index is 12.2. The normalized spacial score (nSPS) is 11.0. The van der Waals surface area contributed by atoms with Crippen LogP contribution in [0.1, 0.15) is 15.9 Å². The van der Waals surface area contributed by atoms with Crippen molar-refractivity contribution in [2.24, 2.45) is 5.73 Å². The maximum Gasteiger partial charge on any atom is 0.351 e. The van der Waals surface area contributed by atoms with Crippen molar-refractivity contribution in [1.29, 1.82) is 0 Å². The number of nitrogens with two attached hydrogens (primary N) is 1. The number of halogens is 1. The van der Waals surface area contributed by atoms with Gasteiger partial charge in [0.1, 0.15) is 0 Å². The van der Waals surface area contributed by atoms with E-state index in [-0.39, 0.29) is 12.5 Å². The smallest absolute Gasteiger partial charge is 0.351 e. The molecular formula is C24H26ClN8O2+. The second-order valence-electron chi connectivity index (χ2n) is 8.32. The van der Waals surface area contributed by atoms with E-state index in [1.165, 1.54) is 0 Å². The van der Waals surface area contributed by atoms with E-state index in [1.54, 1.807) is 29.3 Å². The van der Waals surface area contributed by atoms with Gasteiger partial charge in [-0.05, 0) is 63.0 Å². The number of nitrogens with zero attached hydrogens (tertiary/aromatic N) is 2. The summed E-state index contributed by atoms with van der Waals surface area (Å²) in [6, 6.07) is 12.2. The lowest BCUT2D eigenvalue weighted by Gasteiger charge is -2.12. The van der Waals surface area contributed by atoms with E-state index >= 15 is 0 Å². The molecule has 2 amide bonds. The van der Waals surface area contributed by atoms with Crippen LogP contribution in [-0.4, -0.2) is 47.3 Å². The standard InChI is InChI=1S/C24H25ClN8O2/c1-13-4-6-15(28-20(34)12-33(2)3)11-18(13)30-24-31-22-17(8-9-27-22)23(32-24)29-19-10-14(25)5-7-16(19)21(26)35/h4-11H,12H2,1-3H3,(H2,26,35)(H,28,34)(H3,27,29,30,31,32)/p+1. The minimum atomic E-state index is -0.584. The Kier molecular flexibility index (Phi) is 6.85. The van der Waals surface area contributed by atoms with Gasteiger partial charge in [0.15, 0.2) is 0 Å². The number of aromatic nitrogens is 3. The molecule has 0 saturated heterocycles. The Morgan fingerprint density at radius 2 is 1.91 bits per heavy atom. The van der Waals surface area contributed by atoms with Gasteiger partial charge in [-0.1, -0.05) is 22.7 Å². The molecule has 35 heavy (non-hydrogen) atoms. The molecule has 11 heteroatoms. The second kappa shape index (κ2) is 10.00. The zero-order valence-corrected chi connectivity index (χ0v) is 20.2. The van der Waals surface area contributed by atoms with Crippen LogP contribution in [0, 0.1) is 6.92 Å². The van der Waals surface area contributed by atoms with Crippen LogP contribution in [0.15, 0.2) is 48.7 Å². The van der Waals surface area contributed by atoms with E-state index in [1.807, 2.05) is 45.3 Å². The van der Waals surface area contributed by atoms with Crippen molar-refractivity contribution in [2.45, 2.75) is 6.92 Å². The van der Waals surface area contributed by atoms with Crippen LogP contribution in [0.2, 0.25) is 5.02 Å². The number of carbonyl (C=O) groups is 2. The predicted octanol–water partition coefficient (Wildman–Crippen LogP) is 3.43. The van der Waals surface area contributed by atoms with Gasteiger partial charge in [0, 0.05) is 16.9 Å². The number of hydrogen-bond donors (Lipinski definition) is 5. The van der Waals surface area contributed by atoms with Gasteiger partial charge in [0.25, 0.3) is 5.91 Å². The Morgan fingerprint density at radius 3 is 2.66 bits per heavy atom. The molecule has 0 aliphatic rings. The van der Waals surface area contributed by atoms with Crippen LogP contribution in [0.4, 0.5) is 28.8 Å². The van der Waals surface area contributed by atoms with Crippen molar-refractivity contribution in [3.05, 3.63) is 64.8 Å². The summed E-state index contributed by atoms with van der Waals surface area (Å²) in [5.41, 5.74) is 9.35. The predicted molar refractivity (Wildman–Crippen MR) is 138 cm³/mol. The van der Waals surface area contributed by atoms with E-state index < -0.39 is 5.91 Å². The largest absolute Gasteiger partial charge is 0.366 e. The van der Waals surface area contributed by atoms with Gasteiger partial charge in [-0.3, -0.25) is 19.9 Å². The number of likely N-dealkylation sites (N-methyl/N-ethyl adjacent to an activating group) is 1. The molecule has 0 bridgehead atoms. The molecule has 0 unspecified atom stereocenters. The number of primary amides is 1. The fraction of sp³-hybridized carbons (Fsp3) is 0.167. The number of anilines is 5. The van der Waals surface area contributed by atoms with Gasteiger partial charge in [-0.2, -0.15) is 0 Å². The van der Waals surface area contributed by atoms with Gasteiger partial charge in [0.2, 0.25) is 17.4 Å². The quantitative estimate of drug-likeness (QED) is 0.254. The molecular weight excluding hydrogens is 468 g/mol. The average Bonchev–Trinajstić information content (AvgIpc) is 3.24. The number of nitrogens with one attached hydrogen (secondary N) is 5. The number of H-pyrrole nitrogens is 2. The molecule has 180 valence electrons. The Hall–Kier alpha value is -4.15. The monoisotopic (exact) mass is 493 g/mol. The molecule has 4 rings (SSSR count). The topological polar surface area (TPSA) is 142 Å². The summed E-state index contributed by atoms with van der Waals surface area (Å²) < 4.78 is 0. The summed E-state index contributed by atoms with van der Waals surface area (Å²) >= 11 is 6.15. The van der Waals surface area contributed by atoms with Crippen LogP contribution in [0.3, 0.4) is 0 Å². The Balaban J connectivity index is 1.66. The Morgan fingerprint density at radius 1 is 1.11 bits per heavy atom. The molecule has 2 heterocycles. The lowest BCUT2D eigenvalue weighted by molar-refractivity contribution is -0.333. The third-order valence-corrected chi connectivity index (χ3v) is 5.44. The summed E-state index contributed by atoms with van der Waals surface area (Å²) in [6.45, 7) is 2.23. The van der Waals surface area contributed by atoms with Crippen molar-refractivity contribution in [3.63, 3.8) is 0 Å². The summed E-state index contributed by atoms with van der Waals surface area (Å²) in [5, 5.41) is 10.6. The first-order valence-electron chi connectivity index (χ1n) is 10.8. The number of benzene rings is 2. The molecule has 2 aromatic carbocycles. The minimum absolute atomic E-state index is 0.111. The lowest BCUT2D eigenvalue weighted by Crippen LogP contribution is -2.27. The SMILES string of the molecule is Cc1ccc(NC(=O)CN(C)C)cc1Nc1nc(Nc2cc(Cl)ccc2C(N)=O)c2cc[nH]c2[nH+]1. The van der Waals surface area contributed by atoms with Crippen molar-refractivity contribution in [2.75, 3.05) is 36.6 Å². The number of carbonyl (C=O) groups excluding carboxylic acids is 2. The lowest BCUT2D eigenvalue weighted by atomic mass is 10.1. The fourth-order valence-electron chi connectivity index (χ4n) is 3.56. The molecule has 0 radical (unpaired) electrons. The van der Waals surface area contributed by atoms with Gasteiger partial charge >= 0.3 is 5.95 Å². The number of fused-ring (bicyclic) bond motifs is 1. The highest BCUT2D eigenvalue weighted by Gasteiger charge is 2.18. The fourth-order valence-corrected chi connectivity index (χ4v) is 3.73. The third-order valence-electron chi connectivity index (χ3n) is 5.20. The van der Waals surface area contributed by atoms with Crippen LogP contribution >= 0.6 is 11.6 Å². The van der Waals surface area contributed by atoms with Crippen molar-refractivity contribution in [3.8, 4) is 0 Å². The number of rotatable bonds is 8. The van der Waals surface area contributed by atoms with E-state index in [0.717, 1.165) is 16.6 Å². The van der Waals surface area contributed by atoms with Gasteiger partial charge in [-0.25, -0.2) is 4.98 Å². The zero-order chi connectivity index (χ0) is 25.1. The highest BCUT2D eigenvalue weighted by molar-refractivity contribution is 6.31. The van der Waals surface area contributed by atoms with Crippen LogP contribution in [-0.2, 0) is 4.79 Å². The Bertz CT molecular complexity index is 1420. The summed E-state index contributed by atoms with van der Waals surface area (Å²) in [6.07, 6.45) is 1.77. The van der Waals surface area contributed by atoms with Crippen LogP contribution in [0.25, 0.3) is 11.0 Å². The second-order valence-corrected chi connectivity index (χ2v) is 8.76. The average molecular weight is 494 g/mol. The first-order valence-corrected chi connectivity index (χ1v) is 11.2. The molecule has 0 saturated carbocycles. The number of aromatic amines is 2. The number of hydrogen-bond acceptors (Lipinski definition) is 6. The van der Waals surface area contributed by atoms with Crippen molar-refractivity contribution in [1.82, 2.24) is 14.9 Å².